The number of amides is 2. The number of hydrogen-bond acceptors (Lipinski definition) is 3. The molecule has 0 fully saturated rings. The van der Waals surface area contributed by atoms with Gasteiger partial charge in [0.2, 0.25) is 11.8 Å². The summed E-state index contributed by atoms with van der Waals surface area (Å²) in [6.45, 7) is 2.02. The number of benzene rings is 1. The van der Waals surface area contributed by atoms with Gasteiger partial charge < -0.3 is 16.4 Å². The molecule has 0 bridgehead atoms. The van der Waals surface area contributed by atoms with Crippen LogP contribution in [0.15, 0.2) is 18.2 Å². The molecule has 0 aliphatic rings. The smallest absolute Gasteiger partial charge is 0.233 e. The summed E-state index contributed by atoms with van der Waals surface area (Å²) in [5.74, 6) is -0.459. The second-order valence-electron chi connectivity index (χ2n) is 3.76. The predicted molar refractivity (Wildman–Crippen MR) is 78.7 cm³/mol. The lowest BCUT2D eigenvalue weighted by atomic mass is 10.2. The normalized spacial score (nSPS) is 9.42. The number of halogens is 2. The van der Waals surface area contributed by atoms with E-state index in [1.165, 1.54) is 0 Å². The number of carbonyl (C=O) groups is 2. The number of carbonyl (C=O) groups excluding carboxylic acids is 2. The largest absolute Gasteiger partial charge is 0.354 e. The van der Waals surface area contributed by atoms with Gasteiger partial charge in [0.15, 0.2) is 0 Å². The Bertz CT molecular complexity index is 453. The van der Waals surface area contributed by atoms with E-state index in [9.17, 15) is 9.59 Å². The van der Waals surface area contributed by atoms with Gasteiger partial charge in [-0.3, -0.25) is 9.59 Å². The van der Waals surface area contributed by atoms with Gasteiger partial charge in [-0.15, -0.1) is 12.4 Å². The van der Waals surface area contributed by atoms with E-state index < -0.39 is 0 Å². The summed E-state index contributed by atoms with van der Waals surface area (Å²) < 4.78 is 0. The summed E-state index contributed by atoms with van der Waals surface area (Å²) in [7, 11) is 0. The molecule has 5 nitrogen and oxygen atoms in total. The first-order valence-corrected chi connectivity index (χ1v) is 5.94. The van der Waals surface area contributed by atoms with Crippen molar-refractivity contribution >= 4 is 41.5 Å². The third-order valence-electron chi connectivity index (χ3n) is 2.40. The summed E-state index contributed by atoms with van der Waals surface area (Å²) in [5.41, 5.74) is 6.62. The second kappa shape index (κ2) is 8.74. The van der Waals surface area contributed by atoms with Crippen LogP contribution in [0.25, 0.3) is 0 Å². The van der Waals surface area contributed by atoms with Crippen molar-refractivity contribution in [2.24, 2.45) is 5.73 Å². The van der Waals surface area contributed by atoms with Crippen molar-refractivity contribution in [3.63, 3.8) is 0 Å². The first kappa shape index (κ1) is 17.7. The molecule has 2 amide bonds. The van der Waals surface area contributed by atoms with E-state index in [1.54, 1.807) is 18.2 Å². The standard InChI is InChI=1S/C12H16ClN3O2.ClH/c1-8-9(13)3-2-4-10(8)16-11(17)5-6-15-12(18)7-14;/h2-4H,5-7,14H2,1H3,(H,15,18)(H,16,17);1H. The highest BCUT2D eigenvalue weighted by atomic mass is 35.5. The zero-order valence-electron chi connectivity index (χ0n) is 10.5. The fourth-order valence-electron chi connectivity index (χ4n) is 1.34. The van der Waals surface area contributed by atoms with Crippen molar-refractivity contribution in [2.75, 3.05) is 18.4 Å². The van der Waals surface area contributed by atoms with Crippen LogP contribution in [-0.2, 0) is 9.59 Å². The van der Waals surface area contributed by atoms with E-state index in [1.807, 2.05) is 6.92 Å². The lowest BCUT2D eigenvalue weighted by Gasteiger charge is -2.09. The van der Waals surface area contributed by atoms with Crippen molar-refractivity contribution in [1.82, 2.24) is 5.32 Å². The average Bonchev–Trinajstić information content (AvgIpc) is 2.34. The van der Waals surface area contributed by atoms with E-state index in [4.69, 9.17) is 17.3 Å². The monoisotopic (exact) mass is 305 g/mol. The Kier molecular flexibility index (Phi) is 8.14. The predicted octanol–water partition coefficient (Wildman–Crippen LogP) is 1.47. The van der Waals surface area contributed by atoms with Gasteiger partial charge in [0.05, 0.1) is 6.54 Å². The van der Waals surface area contributed by atoms with Crippen LogP contribution in [0.2, 0.25) is 5.02 Å². The summed E-state index contributed by atoms with van der Waals surface area (Å²) in [6.07, 6.45) is 0.192. The molecular formula is C12H17Cl2N3O2. The van der Waals surface area contributed by atoms with Crippen molar-refractivity contribution in [2.45, 2.75) is 13.3 Å². The molecule has 0 aromatic heterocycles. The summed E-state index contributed by atoms with van der Waals surface area (Å²) in [6, 6.07) is 5.30. The van der Waals surface area contributed by atoms with Gasteiger partial charge in [-0.1, -0.05) is 17.7 Å². The van der Waals surface area contributed by atoms with Crippen LogP contribution < -0.4 is 16.4 Å². The van der Waals surface area contributed by atoms with Gasteiger partial charge in [-0.25, -0.2) is 0 Å². The Morgan fingerprint density at radius 2 is 2.00 bits per heavy atom. The molecular weight excluding hydrogens is 289 g/mol. The minimum absolute atomic E-state index is 0. The van der Waals surface area contributed by atoms with Gasteiger partial charge in [0.25, 0.3) is 0 Å². The third kappa shape index (κ3) is 5.92. The summed E-state index contributed by atoms with van der Waals surface area (Å²) in [4.78, 5) is 22.5. The third-order valence-corrected chi connectivity index (χ3v) is 2.81. The molecule has 106 valence electrons. The number of hydrogen-bond donors (Lipinski definition) is 3. The van der Waals surface area contributed by atoms with E-state index in [0.29, 0.717) is 10.7 Å². The maximum Gasteiger partial charge on any atom is 0.233 e. The molecule has 0 saturated carbocycles. The molecule has 0 heterocycles. The van der Waals surface area contributed by atoms with E-state index >= 15 is 0 Å². The molecule has 1 aromatic carbocycles. The highest BCUT2D eigenvalue weighted by molar-refractivity contribution is 6.31. The van der Waals surface area contributed by atoms with Crippen LogP contribution >= 0.6 is 24.0 Å². The molecule has 19 heavy (non-hydrogen) atoms. The number of anilines is 1. The molecule has 7 heteroatoms. The number of rotatable bonds is 5. The first-order chi connectivity index (χ1) is 8.54. The van der Waals surface area contributed by atoms with Crippen LogP contribution in [0, 0.1) is 6.92 Å². The minimum atomic E-state index is -0.276. The highest BCUT2D eigenvalue weighted by Gasteiger charge is 2.07. The molecule has 0 aliphatic heterocycles. The van der Waals surface area contributed by atoms with Crippen molar-refractivity contribution in [1.29, 1.82) is 0 Å². The van der Waals surface area contributed by atoms with Crippen LogP contribution in [0.5, 0.6) is 0 Å². The van der Waals surface area contributed by atoms with Crippen molar-refractivity contribution in [3.05, 3.63) is 28.8 Å². The summed E-state index contributed by atoms with van der Waals surface area (Å²) >= 11 is 5.94. The summed E-state index contributed by atoms with van der Waals surface area (Å²) in [5, 5.41) is 5.86. The van der Waals surface area contributed by atoms with Crippen LogP contribution in [0.4, 0.5) is 5.69 Å². The minimum Gasteiger partial charge on any atom is -0.354 e. The SMILES string of the molecule is Cc1c(Cl)cccc1NC(=O)CCNC(=O)CN.Cl. The fraction of sp³-hybridized carbons (Fsp3) is 0.333. The molecule has 0 aliphatic carbocycles. The average molecular weight is 306 g/mol. The van der Waals surface area contributed by atoms with Gasteiger partial charge in [-0.2, -0.15) is 0 Å². The van der Waals surface area contributed by atoms with Gasteiger partial charge >= 0.3 is 0 Å². The molecule has 0 unspecified atom stereocenters. The molecule has 1 aromatic rings. The maximum absolute atomic E-state index is 11.6. The second-order valence-corrected chi connectivity index (χ2v) is 4.17. The van der Waals surface area contributed by atoms with E-state index in [0.717, 1.165) is 5.56 Å². The lowest BCUT2D eigenvalue weighted by Crippen LogP contribution is -2.32. The van der Waals surface area contributed by atoms with Gasteiger partial charge in [-0.05, 0) is 24.6 Å². The number of nitrogens with one attached hydrogen (secondary N) is 2. The lowest BCUT2D eigenvalue weighted by molar-refractivity contribution is -0.120. The van der Waals surface area contributed by atoms with Crippen LogP contribution in [0.3, 0.4) is 0 Å². The molecule has 0 radical (unpaired) electrons. The Morgan fingerprint density at radius 1 is 1.32 bits per heavy atom. The molecule has 0 atom stereocenters. The van der Waals surface area contributed by atoms with Crippen molar-refractivity contribution in [3.8, 4) is 0 Å². The van der Waals surface area contributed by atoms with E-state index in [-0.39, 0.29) is 43.7 Å². The topological polar surface area (TPSA) is 84.2 Å². The Labute approximate surface area is 123 Å². The zero-order valence-corrected chi connectivity index (χ0v) is 12.1. The molecule has 0 saturated heterocycles. The van der Waals surface area contributed by atoms with Crippen LogP contribution in [0.1, 0.15) is 12.0 Å². The van der Waals surface area contributed by atoms with Crippen LogP contribution in [-0.4, -0.2) is 24.9 Å². The quantitative estimate of drug-likeness (QED) is 0.770. The highest BCUT2D eigenvalue weighted by Crippen LogP contribution is 2.22. The Balaban J connectivity index is 0.00000324. The van der Waals surface area contributed by atoms with Gasteiger partial charge in [0, 0.05) is 23.7 Å². The Hall–Kier alpha value is -1.30. The Morgan fingerprint density at radius 3 is 2.63 bits per heavy atom. The number of nitrogens with two attached hydrogens (primary N) is 1. The molecule has 4 N–H and O–H groups in total. The zero-order chi connectivity index (χ0) is 13.5. The van der Waals surface area contributed by atoms with E-state index in [2.05, 4.69) is 10.6 Å². The first-order valence-electron chi connectivity index (χ1n) is 5.56. The van der Waals surface area contributed by atoms with Gasteiger partial charge in [0.1, 0.15) is 0 Å². The molecule has 1 rings (SSSR count). The maximum atomic E-state index is 11.6. The molecule has 0 spiro atoms. The fourth-order valence-corrected chi connectivity index (χ4v) is 1.52. The van der Waals surface area contributed by atoms with Crippen molar-refractivity contribution < 1.29 is 9.59 Å².